The summed E-state index contributed by atoms with van der Waals surface area (Å²) in [7, 11) is 0. The van der Waals surface area contributed by atoms with Crippen molar-refractivity contribution in [1.82, 2.24) is 14.7 Å². The van der Waals surface area contributed by atoms with E-state index in [1.165, 1.54) is 5.56 Å². The summed E-state index contributed by atoms with van der Waals surface area (Å²) in [5.74, 6) is 0.0141. The van der Waals surface area contributed by atoms with Crippen molar-refractivity contribution in [3.8, 4) is 11.3 Å². The van der Waals surface area contributed by atoms with E-state index in [0.29, 0.717) is 13.0 Å². The first kappa shape index (κ1) is 16.5. The van der Waals surface area contributed by atoms with Crippen LogP contribution in [0.5, 0.6) is 0 Å². The van der Waals surface area contributed by atoms with Gasteiger partial charge in [-0.25, -0.2) is 4.98 Å². The first-order valence-corrected chi connectivity index (χ1v) is 9.40. The van der Waals surface area contributed by atoms with Gasteiger partial charge in [0.1, 0.15) is 0 Å². The Morgan fingerprint density at radius 1 is 1.12 bits per heavy atom. The van der Waals surface area contributed by atoms with Crippen molar-refractivity contribution in [3.05, 3.63) is 83.0 Å². The quantitative estimate of drug-likeness (QED) is 0.578. The molecule has 0 bridgehead atoms. The fourth-order valence-electron chi connectivity index (χ4n) is 2.84. The molecule has 0 unspecified atom stereocenters. The van der Waals surface area contributed by atoms with Crippen LogP contribution in [0.3, 0.4) is 0 Å². The van der Waals surface area contributed by atoms with Gasteiger partial charge in [0.15, 0.2) is 4.96 Å². The second-order valence-electron chi connectivity index (χ2n) is 6.31. The fraction of sp³-hybridized carbons (Fsp3) is 0.143. The zero-order valence-electron chi connectivity index (χ0n) is 14.5. The molecule has 26 heavy (non-hydrogen) atoms. The number of fused-ring (bicyclic) bond motifs is 1. The molecule has 0 saturated carbocycles. The van der Waals surface area contributed by atoms with Crippen LogP contribution in [0.15, 0.2) is 66.2 Å². The van der Waals surface area contributed by atoms with Gasteiger partial charge < -0.3 is 5.32 Å². The van der Waals surface area contributed by atoms with E-state index in [1.54, 1.807) is 11.3 Å². The van der Waals surface area contributed by atoms with Gasteiger partial charge in [0.05, 0.1) is 12.1 Å². The van der Waals surface area contributed by atoms with Crippen molar-refractivity contribution in [1.29, 1.82) is 0 Å². The molecular weight excluding hydrogens is 342 g/mol. The van der Waals surface area contributed by atoms with Crippen molar-refractivity contribution in [2.75, 3.05) is 0 Å². The topological polar surface area (TPSA) is 46.4 Å². The molecule has 130 valence electrons. The first-order valence-electron chi connectivity index (χ1n) is 8.52. The fourth-order valence-corrected chi connectivity index (χ4v) is 3.71. The maximum Gasteiger partial charge on any atom is 0.226 e. The van der Waals surface area contributed by atoms with Gasteiger partial charge in [0, 0.05) is 29.4 Å². The van der Waals surface area contributed by atoms with Crippen LogP contribution in [-0.2, 0) is 17.8 Å². The van der Waals surface area contributed by atoms with Crippen LogP contribution in [-0.4, -0.2) is 15.3 Å². The zero-order valence-corrected chi connectivity index (χ0v) is 15.3. The smallest absolute Gasteiger partial charge is 0.226 e. The molecule has 0 aliphatic heterocycles. The maximum atomic E-state index is 12.3. The first-order chi connectivity index (χ1) is 12.7. The lowest BCUT2D eigenvalue weighted by Gasteiger charge is -2.05. The van der Waals surface area contributed by atoms with Crippen molar-refractivity contribution in [2.24, 2.45) is 0 Å². The molecule has 0 aliphatic carbocycles. The van der Waals surface area contributed by atoms with Gasteiger partial charge >= 0.3 is 0 Å². The lowest BCUT2D eigenvalue weighted by Crippen LogP contribution is -2.24. The van der Waals surface area contributed by atoms with Crippen LogP contribution >= 0.6 is 11.3 Å². The SMILES string of the molecule is Cc1ccc(CNC(=O)Cc2csc3nc(-c4ccccc4)cn23)cc1. The van der Waals surface area contributed by atoms with E-state index in [2.05, 4.69) is 29.4 Å². The molecule has 5 heteroatoms. The highest BCUT2D eigenvalue weighted by Gasteiger charge is 2.12. The summed E-state index contributed by atoms with van der Waals surface area (Å²) in [4.78, 5) is 17.9. The number of thiazole rings is 1. The number of carbonyl (C=O) groups is 1. The number of benzene rings is 2. The van der Waals surface area contributed by atoms with E-state index in [4.69, 9.17) is 0 Å². The largest absolute Gasteiger partial charge is 0.352 e. The highest BCUT2D eigenvalue weighted by molar-refractivity contribution is 7.15. The number of carbonyl (C=O) groups excluding carboxylic acids is 1. The van der Waals surface area contributed by atoms with E-state index in [1.807, 2.05) is 58.4 Å². The summed E-state index contributed by atoms with van der Waals surface area (Å²) in [6.45, 7) is 2.60. The Labute approximate surface area is 156 Å². The molecule has 0 aliphatic rings. The molecule has 4 nitrogen and oxygen atoms in total. The summed E-state index contributed by atoms with van der Waals surface area (Å²) < 4.78 is 2.01. The van der Waals surface area contributed by atoms with Crippen molar-refractivity contribution in [3.63, 3.8) is 0 Å². The standard InChI is InChI=1S/C21H19N3OS/c1-15-7-9-16(10-8-15)12-22-20(25)11-18-14-26-21-23-19(13-24(18)21)17-5-3-2-4-6-17/h2-10,13-14H,11-12H2,1H3,(H,22,25). The van der Waals surface area contributed by atoms with Gasteiger partial charge in [-0.1, -0.05) is 60.2 Å². The van der Waals surface area contributed by atoms with Gasteiger partial charge in [-0.2, -0.15) is 0 Å². The molecule has 0 fully saturated rings. The molecular formula is C21H19N3OS. The third kappa shape index (κ3) is 3.53. The average Bonchev–Trinajstić information content (AvgIpc) is 3.24. The van der Waals surface area contributed by atoms with Crippen LogP contribution in [0.2, 0.25) is 0 Å². The van der Waals surface area contributed by atoms with Gasteiger partial charge in [-0.15, -0.1) is 11.3 Å². The molecule has 2 aromatic heterocycles. The lowest BCUT2D eigenvalue weighted by molar-refractivity contribution is -0.120. The molecule has 4 rings (SSSR count). The average molecular weight is 361 g/mol. The van der Waals surface area contributed by atoms with E-state index in [0.717, 1.165) is 27.5 Å². The van der Waals surface area contributed by atoms with Gasteiger partial charge in [-0.3, -0.25) is 9.20 Å². The van der Waals surface area contributed by atoms with Crippen LogP contribution in [0.4, 0.5) is 0 Å². The Balaban J connectivity index is 1.46. The number of imidazole rings is 1. The van der Waals surface area contributed by atoms with Gasteiger partial charge in [-0.05, 0) is 12.5 Å². The number of nitrogens with zero attached hydrogens (tertiary/aromatic N) is 2. The van der Waals surface area contributed by atoms with E-state index < -0.39 is 0 Å². The molecule has 0 atom stereocenters. The molecule has 0 radical (unpaired) electrons. The Morgan fingerprint density at radius 3 is 2.65 bits per heavy atom. The Morgan fingerprint density at radius 2 is 1.88 bits per heavy atom. The maximum absolute atomic E-state index is 12.3. The van der Waals surface area contributed by atoms with Crippen LogP contribution < -0.4 is 5.32 Å². The van der Waals surface area contributed by atoms with E-state index in [9.17, 15) is 4.79 Å². The third-order valence-electron chi connectivity index (χ3n) is 4.30. The number of aryl methyl sites for hydroxylation is 1. The van der Waals surface area contributed by atoms with Crippen LogP contribution in [0.25, 0.3) is 16.2 Å². The Hall–Kier alpha value is -2.92. The summed E-state index contributed by atoms with van der Waals surface area (Å²) >= 11 is 1.56. The Bertz CT molecular complexity index is 1030. The lowest BCUT2D eigenvalue weighted by atomic mass is 10.1. The minimum Gasteiger partial charge on any atom is -0.352 e. The van der Waals surface area contributed by atoms with Gasteiger partial charge in [0.25, 0.3) is 0 Å². The number of hydrogen-bond acceptors (Lipinski definition) is 3. The summed E-state index contributed by atoms with van der Waals surface area (Å²) in [5.41, 5.74) is 5.29. The number of hydrogen-bond donors (Lipinski definition) is 1. The number of rotatable bonds is 5. The minimum absolute atomic E-state index is 0.0141. The predicted octanol–water partition coefficient (Wildman–Crippen LogP) is 4.23. The van der Waals surface area contributed by atoms with E-state index in [-0.39, 0.29) is 5.91 Å². The predicted molar refractivity (Wildman–Crippen MR) is 105 cm³/mol. The van der Waals surface area contributed by atoms with Crippen molar-refractivity contribution >= 4 is 22.2 Å². The zero-order chi connectivity index (χ0) is 17.9. The normalized spacial score (nSPS) is 11.0. The summed E-state index contributed by atoms with van der Waals surface area (Å²) in [5, 5.41) is 4.99. The minimum atomic E-state index is 0.0141. The molecule has 2 heterocycles. The highest BCUT2D eigenvalue weighted by atomic mass is 32.1. The number of aromatic nitrogens is 2. The molecule has 0 saturated heterocycles. The molecule has 1 N–H and O–H groups in total. The second kappa shape index (κ2) is 7.14. The van der Waals surface area contributed by atoms with Gasteiger partial charge in [0.2, 0.25) is 5.91 Å². The van der Waals surface area contributed by atoms with Crippen LogP contribution in [0.1, 0.15) is 16.8 Å². The van der Waals surface area contributed by atoms with E-state index >= 15 is 0 Å². The number of amides is 1. The summed E-state index contributed by atoms with van der Waals surface area (Å²) in [6, 6.07) is 18.3. The molecule has 0 spiro atoms. The number of nitrogens with one attached hydrogen (secondary N) is 1. The second-order valence-corrected chi connectivity index (χ2v) is 7.15. The molecule has 4 aromatic rings. The molecule has 2 aromatic carbocycles. The van der Waals surface area contributed by atoms with Crippen molar-refractivity contribution < 1.29 is 4.79 Å². The summed E-state index contributed by atoms with van der Waals surface area (Å²) in [6.07, 6.45) is 2.35. The third-order valence-corrected chi connectivity index (χ3v) is 5.19. The van der Waals surface area contributed by atoms with Crippen molar-refractivity contribution in [2.45, 2.75) is 19.9 Å². The molecule has 1 amide bonds. The van der Waals surface area contributed by atoms with Crippen LogP contribution in [0, 0.1) is 6.92 Å². The monoisotopic (exact) mass is 361 g/mol. The highest BCUT2D eigenvalue weighted by Crippen LogP contribution is 2.23. The Kier molecular flexibility index (Phi) is 4.54.